The number of sulfone groups is 1. The van der Waals surface area contributed by atoms with Crippen LogP contribution in [0.1, 0.15) is 69.4 Å². The Morgan fingerprint density at radius 2 is 1.77 bits per heavy atom. The Hall–Kier alpha value is -1.75. The van der Waals surface area contributed by atoms with Gasteiger partial charge in [-0.1, -0.05) is 13.8 Å². The van der Waals surface area contributed by atoms with Crippen LogP contribution in [0.15, 0.2) is 17.0 Å². The maximum Gasteiger partial charge on any atom is 0.188 e. The predicted molar refractivity (Wildman–Crippen MR) is 140 cm³/mol. The van der Waals surface area contributed by atoms with Crippen LogP contribution in [0.3, 0.4) is 0 Å². The van der Waals surface area contributed by atoms with Gasteiger partial charge in [0.1, 0.15) is 11.6 Å². The summed E-state index contributed by atoms with van der Waals surface area (Å²) in [6.07, 6.45) is 7.27. The van der Waals surface area contributed by atoms with Gasteiger partial charge < -0.3 is 21.1 Å². The number of aliphatic hydroxyl groups is 1. The molecule has 1 aliphatic heterocycles. The normalized spacial score (nSPS) is 25.1. The Bertz CT molecular complexity index is 1150. The summed E-state index contributed by atoms with van der Waals surface area (Å²) in [6.45, 7) is 6.02. The van der Waals surface area contributed by atoms with Crippen LogP contribution >= 0.6 is 11.3 Å². The van der Waals surface area contributed by atoms with E-state index in [0.29, 0.717) is 29.4 Å². The van der Waals surface area contributed by atoms with Gasteiger partial charge >= 0.3 is 0 Å². The number of pyridine rings is 1. The van der Waals surface area contributed by atoms with Crippen LogP contribution < -0.4 is 16.0 Å². The molecule has 0 bridgehead atoms. The summed E-state index contributed by atoms with van der Waals surface area (Å²) in [5.41, 5.74) is 1.43. The highest BCUT2D eigenvalue weighted by Gasteiger charge is 2.31. The van der Waals surface area contributed by atoms with Crippen molar-refractivity contribution >= 4 is 37.9 Å². The van der Waals surface area contributed by atoms with E-state index in [2.05, 4.69) is 29.8 Å². The van der Waals surface area contributed by atoms with E-state index in [1.165, 1.54) is 4.88 Å². The third-order valence-corrected chi connectivity index (χ3v) is 10.8. The first kappa shape index (κ1) is 24.9. The van der Waals surface area contributed by atoms with Crippen molar-refractivity contribution in [1.29, 1.82) is 0 Å². The summed E-state index contributed by atoms with van der Waals surface area (Å²) in [4.78, 5) is 11.2. The van der Waals surface area contributed by atoms with Crippen molar-refractivity contribution in [2.45, 2.75) is 93.9 Å². The number of anilines is 3. The fourth-order valence-corrected chi connectivity index (χ4v) is 8.46. The van der Waals surface area contributed by atoms with Crippen molar-refractivity contribution in [2.24, 2.45) is 5.41 Å². The van der Waals surface area contributed by atoms with Gasteiger partial charge in [0, 0.05) is 10.9 Å². The molecule has 0 radical (unpaired) electrons. The van der Waals surface area contributed by atoms with Gasteiger partial charge in [-0.3, -0.25) is 0 Å². The Balaban J connectivity index is 1.43. The summed E-state index contributed by atoms with van der Waals surface area (Å²) >= 11 is 1.65. The molecule has 1 saturated carbocycles. The van der Waals surface area contributed by atoms with Crippen LogP contribution in [-0.2, 0) is 22.7 Å². The Morgan fingerprint density at radius 1 is 1.06 bits per heavy atom. The van der Waals surface area contributed by atoms with Crippen LogP contribution in [-0.4, -0.2) is 54.0 Å². The van der Waals surface area contributed by atoms with Crippen molar-refractivity contribution in [3.63, 3.8) is 0 Å². The number of hydrogen-bond donors (Lipinski definition) is 4. The number of rotatable bonds is 6. The smallest absolute Gasteiger partial charge is 0.188 e. The van der Waals surface area contributed by atoms with Crippen molar-refractivity contribution in [3.8, 4) is 0 Å². The second-order valence-corrected chi connectivity index (χ2v) is 14.4. The number of aliphatic hydroxyl groups excluding tert-OH is 1. The number of aromatic nitrogens is 2. The van der Waals surface area contributed by atoms with Gasteiger partial charge in [-0.15, -0.1) is 11.3 Å². The van der Waals surface area contributed by atoms with Gasteiger partial charge in [0.15, 0.2) is 15.0 Å². The quantitative estimate of drug-likeness (QED) is 0.452. The molecule has 0 unspecified atom stereocenters. The van der Waals surface area contributed by atoms with E-state index in [-0.39, 0.29) is 22.8 Å². The van der Waals surface area contributed by atoms with Crippen molar-refractivity contribution in [2.75, 3.05) is 23.7 Å². The third-order valence-electron chi connectivity index (χ3n) is 7.59. The minimum absolute atomic E-state index is 0.171. The second kappa shape index (κ2) is 9.95. The molecule has 8 nitrogen and oxygen atoms in total. The number of hydrogen-bond acceptors (Lipinski definition) is 9. The lowest BCUT2D eigenvalue weighted by atomic mass is 9.79. The first-order valence-corrected chi connectivity index (χ1v) is 15.2. The molecule has 4 N–H and O–H groups in total. The molecule has 0 amide bonds. The number of fused-ring (bicyclic) bond motifs is 1. The largest absolute Gasteiger partial charge is 0.393 e. The summed E-state index contributed by atoms with van der Waals surface area (Å²) in [5, 5.41) is 20.3. The number of nitrogens with zero attached hydrogens (tertiary/aromatic N) is 2. The van der Waals surface area contributed by atoms with Crippen molar-refractivity contribution in [1.82, 2.24) is 15.3 Å². The third kappa shape index (κ3) is 5.81. The Morgan fingerprint density at radius 3 is 2.51 bits per heavy atom. The zero-order chi connectivity index (χ0) is 24.6. The molecule has 2 aliphatic carbocycles. The molecule has 10 heteroatoms. The molecule has 5 rings (SSSR count). The molecule has 192 valence electrons. The van der Waals surface area contributed by atoms with Gasteiger partial charge in [0.25, 0.3) is 0 Å². The van der Waals surface area contributed by atoms with Crippen LogP contribution in [0.4, 0.5) is 16.8 Å². The average Bonchev–Trinajstić information content (AvgIpc) is 3.21. The molecule has 0 spiro atoms. The number of thiazole rings is 1. The van der Waals surface area contributed by atoms with E-state index < -0.39 is 9.84 Å². The fraction of sp³-hybridized carbons (Fsp3) is 0.680. The van der Waals surface area contributed by atoms with Crippen LogP contribution in [0, 0.1) is 5.41 Å². The molecule has 3 aliphatic rings. The summed E-state index contributed by atoms with van der Waals surface area (Å²) in [7, 11) is -3.48. The second-order valence-electron chi connectivity index (χ2n) is 11.1. The molecule has 0 atom stereocenters. The fourth-order valence-electron chi connectivity index (χ4n) is 5.39. The minimum atomic E-state index is -3.48. The summed E-state index contributed by atoms with van der Waals surface area (Å²) in [6, 6.07) is 3.52. The molecular weight excluding hydrogens is 482 g/mol. The van der Waals surface area contributed by atoms with E-state index in [4.69, 9.17) is 9.97 Å². The zero-order valence-corrected chi connectivity index (χ0v) is 22.3. The molecule has 3 heterocycles. The van der Waals surface area contributed by atoms with Crippen molar-refractivity contribution in [3.05, 3.63) is 22.7 Å². The predicted octanol–water partition coefficient (Wildman–Crippen LogP) is 4.04. The molecule has 1 saturated heterocycles. The molecular formula is C25H37N5O3S2. The van der Waals surface area contributed by atoms with Gasteiger partial charge in [0.2, 0.25) is 0 Å². The molecule has 35 heavy (non-hydrogen) atoms. The highest BCUT2D eigenvalue weighted by molar-refractivity contribution is 7.92. The Labute approximate surface area is 212 Å². The number of aryl methyl sites for hydroxylation is 1. The van der Waals surface area contributed by atoms with Crippen molar-refractivity contribution < 1.29 is 13.5 Å². The number of piperidine rings is 1. The van der Waals surface area contributed by atoms with E-state index in [1.807, 2.05) is 0 Å². The van der Waals surface area contributed by atoms with Crippen LogP contribution in [0.2, 0.25) is 0 Å². The lowest BCUT2D eigenvalue weighted by Gasteiger charge is -2.28. The van der Waals surface area contributed by atoms with E-state index in [0.717, 1.165) is 68.9 Å². The van der Waals surface area contributed by atoms with E-state index >= 15 is 0 Å². The number of nitrogens with one attached hydrogen (secondary N) is 3. The van der Waals surface area contributed by atoms with E-state index in [9.17, 15) is 13.5 Å². The first-order valence-electron chi connectivity index (χ1n) is 12.8. The van der Waals surface area contributed by atoms with Gasteiger partial charge in [-0.25, -0.2) is 18.4 Å². The summed E-state index contributed by atoms with van der Waals surface area (Å²) in [5.74, 6) is 1.06. The lowest BCUT2D eigenvalue weighted by Crippen LogP contribution is -2.35. The molecule has 2 aromatic heterocycles. The minimum Gasteiger partial charge on any atom is -0.393 e. The standard InChI is InChI=1S/C25H37N5O3S2/c1-25(2)10-7-20-21(15-25)34-24(28-20)30-23-14-19(35(32,33)18-8-11-26-12-9-18)13-22(29-23)27-16-3-5-17(31)6-4-16/h13-14,16-18,26,31H,3-12,15H2,1-2H3,(H2,27,28,29,30)/t16-,17-. The van der Waals surface area contributed by atoms with Gasteiger partial charge in [-0.2, -0.15) is 0 Å². The van der Waals surface area contributed by atoms with Crippen LogP contribution in [0.25, 0.3) is 0 Å². The monoisotopic (exact) mass is 519 g/mol. The van der Waals surface area contributed by atoms with E-state index in [1.54, 1.807) is 23.5 Å². The molecule has 2 fully saturated rings. The van der Waals surface area contributed by atoms with Gasteiger partial charge in [0.05, 0.1) is 21.9 Å². The first-order chi connectivity index (χ1) is 16.7. The Kier molecular flexibility index (Phi) is 7.09. The summed E-state index contributed by atoms with van der Waals surface area (Å²) < 4.78 is 27.1. The molecule has 0 aromatic carbocycles. The maximum atomic E-state index is 13.6. The highest BCUT2D eigenvalue weighted by Crippen LogP contribution is 2.39. The van der Waals surface area contributed by atoms with Gasteiger partial charge in [-0.05, 0) is 88.4 Å². The average molecular weight is 520 g/mol. The lowest BCUT2D eigenvalue weighted by molar-refractivity contribution is 0.126. The zero-order valence-electron chi connectivity index (χ0n) is 20.6. The van der Waals surface area contributed by atoms with Crippen LogP contribution in [0.5, 0.6) is 0 Å². The SMILES string of the molecule is CC1(C)CCc2nc(Nc3cc(S(=O)(=O)C4CCNCC4)cc(N[C@H]4CC[C@H](O)CC4)n3)sc2C1. The topological polar surface area (TPSA) is 116 Å². The highest BCUT2D eigenvalue weighted by atomic mass is 32.2. The maximum absolute atomic E-state index is 13.6. The molecule has 2 aromatic rings.